The smallest absolute Gasteiger partial charge is 0.416 e. The fourth-order valence-corrected chi connectivity index (χ4v) is 2.96. The van der Waals surface area contributed by atoms with Gasteiger partial charge in [0.2, 0.25) is 10.0 Å². The number of hydrogen-bond acceptors (Lipinski definition) is 4. The molecule has 124 valence electrons. The summed E-state index contributed by atoms with van der Waals surface area (Å²) in [5.74, 6) is -0.320. The molecule has 0 aliphatic rings. The van der Waals surface area contributed by atoms with Crippen molar-refractivity contribution < 1.29 is 26.3 Å². The third kappa shape index (κ3) is 4.85. The Morgan fingerprint density at radius 2 is 1.96 bits per heavy atom. The van der Waals surface area contributed by atoms with Crippen molar-refractivity contribution in [2.24, 2.45) is 0 Å². The Hall–Kier alpha value is -2.29. The van der Waals surface area contributed by atoms with E-state index < -0.39 is 27.5 Å². The number of ether oxygens (including phenoxy) is 1. The second kappa shape index (κ2) is 6.45. The topological polar surface area (TPSA) is 68.3 Å². The number of nitrogens with one attached hydrogen (secondary N) is 1. The van der Waals surface area contributed by atoms with Gasteiger partial charge in [-0.05, 0) is 29.8 Å². The predicted octanol–water partition coefficient (Wildman–Crippen LogP) is 3.05. The van der Waals surface area contributed by atoms with Crippen molar-refractivity contribution in [3.8, 4) is 5.75 Å². The molecule has 0 atom stereocenters. The van der Waals surface area contributed by atoms with E-state index >= 15 is 0 Å². The predicted molar refractivity (Wildman–Crippen MR) is 78.5 cm³/mol. The maximum atomic E-state index is 12.6. The quantitative estimate of drug-likeness (QED) is 0.903. The molecule has 2 rings (SSSR count). The number of methoxy groups -OCH3 is 1. The van der Waals surface area contributed by atoms with E-state index in [1.807, 2.05) is 4.72 Å². The number of anilines is 1. The minimum absolute atomic E-state index is 0.386. The van der Waals surface area contributed by atoms with Crippen LogP contribution >= 0.6 is 0 Å². The number of hydrogen-bond donors (Lipinski definition) is 1. The maximum Gasteiger partial charge on any atom is 0.416 e. The molecular formula is C14H13F3N2O3S. The molecule has 5 nitrogen and oxygen atoms in total. The average molecular weight is 346 g/mol. The van der Waals surface area contributed by atoms with Crippen molar-refractivity contribution >= 4 is 15.8 Å². The zero-order chi connectivity index (χ0) is 17.1. The van der Waals surface area contributed by atoms with Gasteiger partial charge in [0.1, 0.15) is 11.6 Å². The van der Waals surface area contributed by atoms with Gasteiger partial charge in [0.15, 0.2) is 0 Å². The summed E-state index contributed by atoms with van der Waals surface area (Å²) in [4.78, 5) is 3.60. The van der Waals surface area contributed by atoms with Crippen molar-refractivity contribution in [2.75, 3.05) is 11.8 Å². The molecule has 9 heteroatoms. The van der Waals surface area contributed by atoms with Crippen LogP contribution in [0, 0.1) is 0 Å². The number of alkyl halides is 3. The van der Waals surface area contributed by atoms with Crippen LogP contribution in [0.15, 0.2) is 42.6 Å². The Kier molecular flexibility index (Phi) is 4.79. The highest BCUT2D eigenvalue weighted by molar-refractivity contribution is 7.91. The summed E-state index contributed by atoms with van der Waals surface area (Å²) in [5.41, 5.74) is -0.546. The van der Waals surface area contributed by atoms with Crippen LogP contribution in [0.25, 0.3) is 0 Å². The van der Waals surface area contributed by atoms with Gasteiger partial charge in [0, 0.05) is 6.20 Å². The van der Waals surface area contributed by atoms with Crippen LogP contribution in [0.1, 0.15) is 11.1 Å². The molecule has 0 fully saturated rings. The molecule has 0 unspecified atom stereocenters. The van der Waals surface area contributed by atoms with Crippen molar-refractivity contribution in [1.29, 1.82) is 0 Å². The first-order valence-electron chi connectivity index (χ1n) is 6.36. The molecule has 0 aliphatic heterocycles. The molecule has 0 radical (unpaired) electrons. The number of rotatable bonds is 5. The van der Waals surface area contributed by atoms with Crippen molar-refractivity contribution in [3.63, 3.8) is 0 Å². The van der Waals surface area contributed by atoms with Gasteiger partial charge in [-0.15, -0.1) is 0 Å². The summed E-state index contributed by atoms with van der Waals surface area (Å²) in [6.45, 7) is 0. The minimum atomic E-state index is -4.57. The Morgan fingerprint density at radius 3 is 2.61 bits per heavy atom. The zero-order valence-electron chi connectivity index (χ0n) is 12.0. The second-order valence-electron chi connectivity index (χ2n) is 4.64. The van der Waals surface area contributed by atoms with Gasteiger partial charge in [0.05, 0.1) is 18.4 Å². The lowest BCUT2D eigenvalue weighted by Gasteiger charge is -2.11. The molecule has 1 heterocycles. The Labute approximate surface area is 131 Å². The number of benzene rings is 1. The summed E-state index contributed by atoms with van der Waals surface area (Å²) in [7, 11) is -2.47. The molecule has 2 aromatic rings. The SMILES string of the molecule is COc1cccc(CS(=O)(=O)Nc2cc(C(F)(F)F)ccn2)c1. The van der Waals surface area contributed by atoms with Gasteiger partial charge in [-0.1, -0.05) is 12.1 Å². The van der Waals surface area contributed by atoms with Crippen LogP contribution in [-0.2, 0) is 22.0 Å². The van der Waals surface area contributed by atoms with E-state index in [0.717, 1.165) is 12.3 Å². The number of halogens is 3. The fraction of sp³-hybridized carbons (Fsp3) is 0.214. The zero-order valence-corrected chi connectivity index (χ0v) is 12.8. The fourth-order valence-electron chi connectivity index (χ4n) is 1.84. The van der Waals surface area contributed by atoms with Crippen LogP contribution in [-0.4, -0.2) is 20.5 Å². The third-order valence-electron chi connectivity index (χ3n) is 2.84. The third-order valence-corrected chi connectivity index (χ3v) is 4.07. The van der Waals surface area contributed by atoms with E-state index in [1.54, 1.807) is 18.2 Å². The van der Waals surface area contributed by atoms with E-state index in [4.69, 9.17) is 4.74 Å². The number of pyridine rings is 1. The summed E-state index contributed by atoms with van der Waals surface area (Å²) in [5, 5.41) is 0. The lowest BCUT2D eigenvalue weighted by Crippen LogP contribution is -2.16. The molecule has 0 aliphatic carbocycles. The van der Waals surface area contributed by atoms with Crippen molar-refractivity contribution in [3.05, 3.63) is 53.7 Å². The lowest BCUT2D eigenvalue weighted by atomic mass is 10.2. The molecule has 1 aromatic heterocycles. The number of sulfonamides is 1. The van der Waals surface area contributed by atoms with E-state index in [9.17, 15) is 21.6 Å². The van der Waals surface area contributed by atoms with E-state index in [1.165, 1.54) is 13.2 Å². The molecule has 0 bridgehead atoms. The highest BCUT2D eigenvalue weighted by atomic mass is 32.2. The van der Waals surface area contributed by atoms with Crippen LogP contribution in [0.4, 0.5) is 19.0 Å². The Balaban J connectivity index is 2.18. The second-order valence-corrected chi connectivity index (χ2v) is 6.36. The molecule has 0 saturated carbocycles. The monoisotopic (exact) mass is 346 g/mol. The van der Waals surface area contributed by atoms with Crippen LogP contribution in [0.2, 0.25) is 0 Å². The lowest BCUT2D eigenvalue weighted by molar-refractivity contribution is -0.137. The van der Waals surface area contributed by atoms with Gasteiger partial charge in [0.25, 0.3) is 0 Å². The van der Waals surface area contributed by atoms with Crippen LogP contribution < -0.4 is 9.46 Å². The molecular weight excluding hydrogens is 333 g/mol. The van der Waals surface area contributed by atoms with E-state index in [0.29, 0.717) is 17.4 Å². The highest BCUT2D eigenvalue weighted by Gasteiger charge is 2.31. The molecule has 0 amide bonds. The molecule has 0 saturated heterocycles. The van der Waals surface area contributed by atoms with Gasteiger partial charge < -0.3 is 4.74 Å². The molecule has 1 aromatic carbocycles. The highest BCUT2D eigenvalue weighted by Crippen LogP contribution is 2.30. The number of aromatic nitrogens is 1. The average Bonchev–Trinajstić information content (AvgIpc) is 2.45. The van der Waals surface area contributed by atoms with Gasteiger partial charge in [-0.2, -0.15) is 13.2 Å². The summed E-state index contributed by atoms with van der Waals surface area (Å²) in [6.07, 6.45) is -3.68. The van der Waals surface area contributed by atoms with Crippen LogP contribution in [0.5, 0.6) is 5.75 Å². The maximum absolute atomic E-state index is 12.6. The first-order chi connectivity index (χ1) is 10.7. The van der Waals surface area contributed by atoms with Crippen LogP contribution in [0.3, 0.4) is 0 Å². The summed E-state index contributed by atoms with van der Waals surface area (Å²) in [6, 6.07) is 7.77. The molecule has 23 heavy (non-hydrogen) atoms. The summed E-state index contributed by atoms with van der Waals surface area (Å²) >= 11 is 0. The normalized spacial score (nSPS) is 12.0. The van der Waals surface area contributed by atoms with Crippen molar-refractivity contribution in [1.82, 2.24) is 4.98 Å². The first-order valence-corrected chi connectivity index (χ1v) is 8.01. The number of nitrogens with zero attached hydrogens (tertiary/aromatic N) is 1. The Bertz CT molecular complexity index is 792. The van der Waals surface area contributed by atoms with Crippen molar-refractivity contribution in [2.45, 2.75) is 11.9 Å². The first kappa shape index (κ1) is 17.1. The van der Waals surface area contributed by atoms with Gasteiger partial charge in [-0.3, -0.25) is 4.72 Å². The van der Waals surface area contributed by atoms with Gasteiger partial charge in [-0.25, -0.2) is 13.4 Å². The van der Waals surface area contributed by atoms with E-state index in [-0.39, 0.29) is 5.82 Å². The molecule has 0 spiro atoms. The standard InChI is InChI=1S/C14H13F3N2O3S/c1-22-12-4-2-3-10(7-12)9-23(20,21)19-13-8-11(5-6-18-13)14(15,16)17/h2-8H,9H2,1H3,(H,18,19). The Morgan fingerprint density at radius 1 is 1.22 bits per heavy atom. The van der Waals surface area contributed by atoms with Gasteiger partial charge >= 0.3 is 6.18 Å². The summed E-state index contributed by atoms with van der Waals surface area (Å²) < 4.78 is 69.0. The van der Waals surface area contributed by atoms with E-state index in [2.05, 4.69) is 4.98 Å². The minimum Gasteiger partial charge on any atom is -0.497 e. The molecule has 1 N–H and O–H groups in total. The largest absolute Gasteiger partial charge is 0.497 e.